The van der Waals surface area contributed by atoms with Crippen molar-refractivity contribution in [3.8, 4) is 28.7 Å². The maximum Gasteiger partial charge on any atom is 0.330 e. The number of nitrogens with one attached hydrogen (secondary N) is 1. The summed E-state index contributed by atoms with van der Waals surface area (Å²) < 4.78 is 53.6. The summed E-state index contributed by atoms with van der Waals surface area (Å²) in [5, 5.41) is 9.92. The molecule has 2 rings (SSSR count). The summed E-state index contributed by atoms with van der Waals surface area (Å²) in [5.74, 6) is 0.347. The molecule has 4 N–H and O–H groups in total. The molecule has 1 atom stereocenters. The van der Waals surface area contributed by atoms with E-state index in [1.807, 2.05) is 0 Å². The highest BCUT2D eigenvalue weighted by Gasteiger charge is 2.19. The number of rotatable bonds is 11. The fourth-order valence-electron chi connectivity index (χ4n) is 2.63. The number of hydrogen-bond donors (Lipinski definition) is 3. The SMILES string of the molecule is COc1cc(OC)c(C=CS(=O)(=O)Nc2ccc(OC)c(OC(=O)[C@@H](N)CO)c2)c(OC)c1. The Balaban J connectivity index is 2.32. The third kappa shape index (κ3) is 6.75. The molecule has 11 nitrogen and oxygen atoms in total. The van der Waals surface area contributed by atoms with E-state index in [2.05, 4.69) is 4.72 Å². The summed E-state index contributed by atoms with van der Waals surface area (Å²) in [6.07, 6.45) is 1.31. The number of methoxy groups -OCH3 is 4. The Morgan fingerprint density at radius 1 is 1.00 bits per heavy atom. The minimum atomic E-state index is -4.00. The fraction of sp³-hybridized carbons (Fsp3) is 0.286. The Hall–Kier alpha value is -3.48. The minimum absolute atomic E-state index is 0.0749. The molecule has 0 heterocycles. The number of sulfonamides is 1. The van der Waals surface area contributed by atoms with Gasteiger partial charge < -0.3 is 34.5 Å². The molecular weight excluding hydrogens is 456 g/mol. The highest BCUT2D eigenvalue weighted by Crippen LogP contribution is 2.35. The monoisotopic (exact) mass is 482 g/mol. The summed E-state index contributed by atoms with van der Waals surface area (Å²) >= 11 is 0. The van der Waals surface area contributed by atoms with Gasteiger partial charge in [-0.2, -0.15) is 0 Å². The molecular formula is C21H26N2O9S. The van der Waals surface area contributed by atoms with E-state index >= 15 is 0 Å². The molecule has 33 heavy (non-hydrogen) atoms. The molecule has 0 bridgehead atoms. The molecule has 0 aliphatic heterocycles. The molecule has 0 radical (unpaired) electrons. The van der Waals surface area contributed by atoms with Gasteiger partial charge in [-0.3, -0.25) is 4.72 Å². The van der Waals surface area contributed by atoms with Crippen LogP contribution in [0.4, 0.5) is 5.69 Å². The van der Waals surface area contributed by atoms with Gasteiger partial charge in [0, 0.05) is 18.2 Å². The molecule has 0 aromatic heterocycles. The first-order valence-electron chi connectivity index (χ1n) is 9.45. The predicted octanol–water partition coefficient (Wildman–Crippen LogP) is 1.36. The number of aliphatic hydroxyl groups is 1. The van der Waals surface area contributed by atoms with Crippen LogP contribution in [0.15, 0.2) is 35.7 Å². The second kappa shape index (κ2) is 11.4. The average Bonchev–Trinajstić information content (AvgIpc) is 2.81. The molecule has 2 aromatic rings. The third-order valence-electron chi connectivity index (χ3n) is 4.30. The van der Waals surface area contributed by atoms with E-state index in [1.54, 1.807) is 12.1 Å². The first kappa shape index (κ1) is 25.8. The quantitative estimate of drug-likeness (QED) is 0.316. The van der Waals surface area contributed by atoms with Crippen molar-refractivity contribution in [1.29, 1.82) is 0 Å². The molecule has 0 fully saturated rings. The Labute approximate surface area is 191 Å². The lowest BCUT2D eigenvalue weighted by Gasteiger charge is -2.14. The zero-order chi connectivity index (χ0) is 24.6. The number of anilines is 1. The second-order valence-electron chi connectivity index (χ2n) is 6.47. The van der Waals surface area contributed by atoms with Crippen LogP contribution in [0.5, 0.6) is 28.7 Å². The number of hydrogen-bond acceptors (Lipinski definition) is 10. The van der Waals surface area contributed by atoms with E-state index in [-0.39, 0.29) is 17.2 Å². The van der Waals surface area contributed by atoms with Gasteiger partial charge in [-0.1, -0.05) is 0 Å². The summed E-state index contributed by atoms with van der Waals surface area (Å²) in [6.45, 7) is -0.615. The molecule has 0 amide bonds. The normalized spacial score (nSPS) is 12.2. The Bertz CT molecular complexity index is 1090. The number of benzene rings is 2. The number of carbonyl (C=O) groups excluding carboxylic acids is 1. The standard InChI is InChI=1S/C21H26N2O9S/c1-28-14-10-18(30-3)15(19(11-14)31-4)7-8-33(26,27)23-13-5-6-17(29-2)20(9-13)32-21(25)16(22)12-24/h5-11,16,23-24H,12,22H2,1-4H3/t16-/m0/s1. The summed E-state index contributed by atoms with van der Waals surface area (Å²) in [6, 6.07) is 5.99. The molecule has 0 saturated heterocycles. The zero-order valence-electron chi connectivity index (χ0n) is 18.5. The van der Waals surface area contributed by atoms with Crippen LogP contribution in [0.2, 0.25) is 0 Å². The van der Waals surface area contributed by atoms with Gasteiger partial charge in [0.1, 0.15) is 23.3 Å². The van der Waals surface area contributed by atoms with Crippen LogP contribution in [0, 0.1) is 0 Å². The molecule has 180 valence electrons. The van der Waals surface area contributed by atoms with Crippen molar-refractivity contribution in [2.45, 2.75) is 6.04 Å². The van der Waals surface area contributed by atoms with Crippen molar-refractivity contribution in [3.05, 3.63) is 41.3 Å². The molecule has 0 unspecified atom stereocenters. The Kier molecular flexibility index (Phi) is 8.91. The predicted molar refractivity (Wildman–Crippen MR) is 121 cm³/mol. The van der Waals surface area contributed by atoms with Crippen LogP contribution in [0.3, 0.4) is 0 Å². The van der Waals surface area contributed by atoms with Crippen LogP contribution < -0.4 is 34.1 Å². The molecule has 0 aliphatic carbocycles. The van der Waals surface area contributed by atoms with Gasteiger partial charge >= 0.3 is 5.97 Å². The Morgan fingerprint density at radius 2 is 1.61 bits per heavy atom. The third-order valence-corrected chi connectivity index (χ3v) is 5.32. The van der Waals surface area contributed by atoms with E-state index in [0.29, 0.717) is 22.8 Å². The highest BCUT2D eigenvalue weighted by molar-refractivity contribution is 7.95. The van der Waals surface area contributed by atoms with E-state index in [9.17, 15) is 13.2 Å². The lowest BCUT2D eigenvalue weighted by Crippen LogP contribution is -2.37. The van der Waals surface area contributed by atoms with Gasteiger partial charge in [-0.25, -0.2) is 13.2 Å². The van der Waals surface area contributed by atoms with Gasteiger partial charge in [-0.15, -0.1) is 0 Å². The molecule has 0 saturated carbocycles. The van der Waals surface area contributed by atoms with Gasteiger partial charge in [-0.05, 0) is 18.2 Å². The molecule has 2 aromatic carbocycles. The first-order chi connectivity index (χ1) is 15.7. The largest absolute Gasteiger partial charge is 0.496 e. The van der Waals surface area contributed by atoms with Crippen molar-refractivity contribution >= 4 is 27.8 Å². The van der Waals surface area contributed by atoms with Gasteiger partial charge in [0.25, 0.3) is 10.0 Å². The van der Waals surface area contributed by atoms with Crippen molar-refractivity contribution in [3.63, 3.8) is 0 Å². The average molecular weight is 483 g/mol. The molecule has 0 spiro atoms. The smallest absolute Gasteiger partial charge is 0.330 e. The van der Waals surface area contributed by atoms with E-state index in [1.165, 1.54) is 52.7 Å². The van der Waals surface area contributed by atoms with Crippen LogP contribution in [-0.2, 0) is 14.8 Å². The van der Waals surface area contributed by atoms with Crippen LogP contribution in [-0.4, -0.2) is 60.6 Å². The maximum absolute atomic E-state index is 12.6. The van der Waals surface area contributed by atoms with Gasteiger partial charge in [0.2, 0.25) is 0 Å². The van der Waals surface area contributed by atoms with Crippen molar-refractivity contribution < 1.29 is 42.0 Å². The van der Waals surface area contributed by atoms with E-state index in [0.717, 1.165) is 5.41 Å². The first-order valence-corrected chi connectivity index (χ1v) is 11.0. The fourth-order valence-corrected chi connectivity index (χ4v) is 3.47. The minimum Gasteiger partial charge on any atom is -0.496 e. The van der Waals surface area contributed by atoms with Crippen molar-refractivity contribution in [1.82, 2.24) is 0 Å². The van der Waals surface area contributed by atoms with Gasteiger partial charge in [0.05, 0.1) is 51.7 Å². The maximum atomic E-state index is 12.6. The highest BCUT2D eigenvalue weighted by atomic mass is 32.2. The summed E-state index contributed by atoms with van der Waals surface area (Å²) in [7, 11) is 1.69. The van der Waals surface area contributed by atoms with Crippen LogP contribution >= 0.6 is 0 Å². The van der Waals surface area contributed by atoms with Gasteiger partial charge in [0.15, 0.2) is 11.5 Å². The second-order valence-corrected chi connectivity index (χ2v) is 8.04. The topological polar surface area (TPSA) is 156 Å². The number of carbonyl (C=O) groups is 1. The molecule has 0 aliphatic rings. The van der Waals surface area contributed by atoms with Crippen LogP contribution in [0.25, 0.3) is 6.08 Å². The lowest BCUT2D eigenvalue weighted by atomic mass is 10.1. The van der Waals surface area contributed by atoms with E-state index < -0.39 is 28.6 Å². The van der Waals surface area contributed by atoms with E-state index in [4.69, 9.17) is 34.5 Å². The number of aliphatic hydroxyl groups excluding tert-OH is 1. The zero-order valence-corrected chi connectivity index (χ0v) is 19.3. The number of ether oxygens (including phenoxy) is 5. The summed E-state index contributed by atoms with van der Waals surface area (Å²) in [5.41, 5.74) is 5.92. The number of nitrogens with two attached hydrogens (primary N) is 1. The summed E-state index contributed by atoms with van der Waals surface area (Å²) in [4.78, 5) is 11.9. The lowest BCUT2D eigenvalue weighted by molar-refractivity contribution is -0.136. The van der Waals surface area contributed by atoms with Crippen molar-refractivity contribution in [2.24, 2.45) is 5.73 Å². The number of esters is 1. The Morgan fingerprint density at radius 3 is 2.12 bits per heavy atom. The van der Waals surface area contributed by atoms with Crippen LogP contribution in [0.1, 0.15) is 5.56 Å². The van der Waals surface area contributed by atoms with Crippen molar-refractivity contribution in [2.75, 3.05) is 39.8 Å². The molecule has 12 heteroatoms.